The number of hydrogen-bond donors (Lipinski definition) is 2. The Kier molecular flexibility index (Phi) is 5.62. The Morgan fingerprint density at radius 2 is 2.14 bits per heavy atom. The largest absolute Gasteiger partial charge is 0.381 e. The highest BCUT2D eigenvalue weighted by molar-refractivity contribution is 7.89. The van der Waals surface area contributed by atoms with E-state index in [9.17, 15) is 8.42 Å². The quantitative estimate of drug-likeness (QED) is 0.835. The molecule has 2 atom stereocenters. The second-order valence-corrected chi connectivity index (χ2v) is 7.39. The van der Waals surface area contributed by atoms with Gasteiger partial charge in [-0.25, -0.2) is 13.1 Å². The van der Waals surface area contributed by atoms with Crippen LogP contribution in [0.1, 0.15) is 24.8 Å². The van der Waals surface area contributed by atoms with Gasteiger partial charge in [-0.15, -0.1) is 0 Å². The van der Waals surface area contributed by atoms with E-state index in [0.717, 1.165) is 18.4 Å². The van der Waals surface area contributed by atoms with Crippen LogP contribution < -0.4 is 10.0 Å². The van der Waals surface area contributed by atoms with Gasteiger partial charge in [0.15, 0.2) is 0 Å². The molecule has 1 saturated carbocycles. The molecule has 0 bridgehead atoms. The average molecular weight is 333 g/mol. The number of methoxy groups -OCH3 is 1. The molecule has 1 fully saturated rings. The maximum atomic E-state index is 12.4. The molecule has 0 aromatic heterocycles. The van der Waals surface area contributed by atoms with Crippen LogP contribution in [0, 0.1) is 0 Å². The van der Waals surface area contributed by atoms with Crippen LogP contribution in [0.15, 0.2) is 23.1 Å². The predicted molar refractivity (Wildman–Crippen MR) is 83.0 cm³/mol. The highest BCUT2D eigenvalue weighted by atomic mass is 35.5. The predicted octanol–water partition coefficient (Wildman–Crippen LogP) is 1.91. The van der Waals surface area contributed by atoms with Crippen molar-refractivity contribution in [3.63, 3.8) is 0 Å². The average Bonchev–Trinajstić information content (AvgIpc) is 2.88. The highest BCUT2D eigenvalue weighted by Gasteiger charge is 2.28. The first-order valence-electron chi connectivity index (χ1n) is 6.94. The maximum absolute atomic E-state index is 12.4. The smallest absolute Gasteiger partial charge is 0.240 e. The zero-order valence-electron chi connectivity index (χ0n) is 12.2. The monoisotopic (exact) mass is 332 g/mol. The van der Waals surface area contributed by atoms with E-state index in [-0.39, 0.29) is 17.0 Å². The summed E-state index contributed by atoms with van der Waals surface area (Å²) in [6.45, 7) is 0.602. The van der Waals surface area contributed by atoms with Gasteiger partial charge < -0.3 is 10.1 Å². The minimum atomic E-state index is -3.54. The fraction of sp³-hybridized carbons (Fsp3) is 0.571. The van der Waals surface area contributed by atoms with Gasteiger partial charge in [0.1, 0.15) is 0 Å². The zero-order chi connectivity index (χ0) is 15.5. The van der Waals surface area contributed by atoms with Crippen LogP contribution in [0.5, 0.6) is 0 Å². The SMILES string of the molecule is CNCc1ccc(S(=O)(=O)NC2CCC(OC)C2)cc1Cl. The van der Waals surface area contributed by atoms with Crippen LogP contribution in [0.4, 0.5) is 0 Å². The first kappa shape index (κ1) is 16.7. The standard InChI is InChI=1S/C14H21ClN2O3S/c1-16-9-10-3-6-13(8-14(10)15)21(18,19)17-11-4-5-12(7-11)20-2/h3,6,8,11-12,16-17H,4-5,7,9H2,1-2H3. The Hall–Kier alpha value is -0.660. The van der Waals surface area contributed by atoms with Crippen molar-refractivity contribution in [2.24, 2.45) is 0 Å². The van der Waals surface area contributed by atoms with E-state index in [0.29, 0.717) is 18.0 Å². The summed E-state index contributed by atoms with van der Waals surface area (Å²) in [5.41, 5.74) is 0.874. The lowest BCUT2D eigenvalue weighted by Crippen LogP contribution is -2.33. The molecule has 0 aliphatic heterocycles. The Bertz CT molecular complexity index is 592. The second-order valence-electron chi connectivity index (χ2n) is 5.27. The lowest BCUT2D eigenvalue weighted by atomic mass is 10.2. The van der Waals surface area contributed by atoms with Gasteiger partial charge in [0.25, 0.3) is 0 Å². The summed E-state index contributed by atoms with van der Waals surface area (Å²) in [6, 6.07) is 4.75. The van der Waals surface area contributed by atoms with Crippen molar-refractivity contribution in [2.45, 2.75) is 42.8 Å². The first-order valence-corrected chi connectivity index (χ1v) is 8.80. The molecule has 118 valence electrons. The number of benzene rings is 1. The molecule has 0 spiro atoms. The van der Waals surface area contributed by atoms with Crippen LogP contribution in [0.3, 0.4) is 0 Å². The fourth-order valence-corrected chi connectivity index (χ4v) is 4.20. The molecule has 1 aliphatic carbocycles. The summed E-state index contributed by atoms with van der Waals surface area (Å²) in [7, 11) is -0.0710. The number of nitrogens with one attached hydrogen (secondary N) is 2. The van der Waals surface area contributed by atoms with Gasteiger partial charge in [-0.05, 0) is 44.0 Å². The van der Waals surface area contributed by atoms with Crippen LogP contribution in [0.25, 0.3) is 0 Å². The Balaban J connectivity index is 2.11. The van der Waals surface area contributed by atoms with E-state index in [4.69, 9.17) is 16.3 Å². The third kappa shape index (κ3) is 4.17. The molecular formula is C14H21ClN2O3S. The van der Waals surface area contributed by atoms with Crippen molar-refractivity contribution in [2.75, 3.05) is 14.2 Å². The topological polar surface area (TPSA) is 67.4 Å². The van der Waals surface area contributed by atoms with Gasteiger partial charge in [-0.3, -0.25) is 0 Å². The van der Waals surface area contributed by atoms with Gasteiger partial charge in [0.2, 0.25) is 10.0 Å². The molecule has 0 radical (unpaired) electrons. The summed E-state index contributed by atoms with van der Waals surface area (Å²) in [6.07, 6.45) is 2.52. The zero-order valence-corrected chi connectivity index (χ0v) is 13.8. The molecule has 2 unspecified atom stereocenters. The fourth-order valence-electron chi connectivity index (χ4n) is 2.58. The molecule has 2 rings (SSSR count). The lowest BCUT2D eigenvalue weighted by Gasteiger charge is -2.14. The van der Waals surface area contributed by atoms with Crippen molar-refractivity contribution in [3.05, 3.63) is 28.8 Å². The summed E-state index contributed by atoms with van der Waals surface area (Å²) >= 11 is 6.12. The first-order chi connectivity index (χ1) is 9.96. The van der Waals surface area contributed by atoms with E-state index < -0.39 is 10.0 Å². The van der Waals surface area contributed by atoms with Gasteiger partial charge in [-0.2, -0.15) is 0 Å². The van der Waals surface area contributed by atoms with Crippen LogP contribution in [-0.2, 0) is 21.3 Å². The summed E-state index contributed by atoms with van der Waals surface area (Å²) in [5.74, 6) is 0. The Labute approximate surface area is 131 Å². The molecule has 0 saturated heterocycles. The molecule has 0 amide bonds. The normalized spacial score (nSPS) is 22.6. The van der Waals surface area contributed by atoms with Crippen LogP contribution in [-0.4, -0.2) is 34.7 Å². The third-order valence-corrected chi connectivity index (χ3v) is 5.61. The van der Waals surface area contributed by atoms with E-state index in [1.165, 1.54) is 6.07 Å². The molecule has 2 N–H and O–H groups in total. The molecule has 5 nitrogen and oxygen atoms in total. The van der Waals surface area contributed by atoms with Gasteiger partial charge in [-0.1, -0.05) is 17.7 Å². The number of ether oxygens (including phenoxy) is 1. The van der Waals surface area contributed by atoms with Crippen molar-refractivity contribution in [3.8, 4) is 0 Å². The molecule has 21 heavy (non-hydrogen) atoms. The van der Waals surface area contributed by atoms with Crippen molar-refractivity contribution in [1.82, 2.24) is 10.0 Å². The molecule has 1 aromatic carbocycles. The third-order valence-electron chi connectivity index (χ3n) is 3.74. The number of halogens is 1. The van der Waals surface area contributed by atoms with Crippen LogP contribution in [0.2, 0.25) is 5.02 Å². The van der Waals surface area contributed by atoms with Gasteiger partial charge >= 0.3 is 0 Å². The van der Waals surface area contributed by atoms with Gasteiger partial charge in [0, 0.05) is 24.7 Å². The minimum Gasteiger partial charge on any atom is -0.381 e. The summed E-state index contributed by atoms with van der Waals surface area (Å²) < 4.78 is 32.7. The van der Waals surface area contributed by atoms with Gasteiger partial charge in [0.05, 0.1) is 11.0 Å². The summed E-state index contributed by atoms with van der Waals surface area (Å²) in [5, 5.41) is 3.44. The van der Waals surface area contributed by atoms with E-state index in [2.05, 4.69) is 10.0 Å². The summed E-state index contributed by atoms with van der Waals surface area (Å²) in [4.78, 5) is 0.202. The van der Waals surface area contributed by atoms with Crippen molar-refractivity contribution < 1.29 is 13.2 Å². The van der Waals surface area contributed by atoms with Crippen molar-refractivity contribution in [1.29, 1.82) is 0 Å². The molecule has 0 heterocycles. The van der Waals surface area contributed by atoms with E-state index >= 15 is 0 Å². The van der Waals surface area contributed by atoms with Crippen molar-refractivity contribution >= 4 is 21.6 Å². The molecule has 1 aromatic rings. The highest BCUT2D eigenvalue weighted by Crippen LogP contribution is 2.25. The van der Waals surface area contributed by atoms with E-state index in [1.54, 1.807) is 19.2 Å². The molecular weight excluding hydrogens is 312 g/mol. The maximum Gasteiger partial charge on any atom is 0.240 e. The van der Waals surface area contributed by atoms with E-state index in [1.807, 2.05) is 7.05 Å². The van der Waals surface area contributed by atoms with Crippen LogP contribution >= 0.6 is 11.6 Å². The molecule has 7 heteroatoms. The molecule has 1 aliphatic rings. The number of rotatable bonds is 6. The second kappa shape index (κ2) is 7.07. The Morgan fingerprint density at radius 1 is 1.38 bits per heavy atom. The number of hydrogen-bond acceptors (Lipinski definition) is 4. The Morgan fingerprint density at radius 3 is 2.71 bits per heavy atom. The minimum absolute atomic E-state index is 0.0734. The number of sulfonamides is 1. The lowest BCUT2D eigenvalue weighted by molar-refractivity contribution is 0.107.